The number of hydrogen-bond donors (Lipinski definition) is 2. The first kappa shape index (κ1) is 17.7. The van der Waals surface area contributed by atoms with Gasteiger partial charge in [-0.25, -0.2) is 13.1 Å². The molecule has 1 amide bonds. The van der Waals surface area contributed by atoms with Crippen molar-refractivity contribution < 1.29 is 17.9 Å². The molecule has 1 saturated heterocycles. The molecule has 2 rings (SSSR count). The Kier molecular flexibility index (Phi) is 5.92. The van der Waals surface area contributed by atoms with Gasteiger partial charge < -0.3 is 10.1 Å². The van der Waals surface area contributed by atoms with E-state index >= 15 is 0 Å². The first-order chi connectivity index (χ1) is 10.9. The van der Waals surface area contributed by atoms with Crippen LogP contribution in [-0.2, 0) is 14.8 Å². The standard InChI is InChI=1S/C16H22N2O4S/c1-3-10-17-23(20,21)14-8-6-13(7-9-14)16(19)18-12(2)15-5-4-11-22-15/h3,6-9,12,15,17H,1,4-5,10-11H2,2H3,(H,18,19). The molecule has 2 N–H and O–H groups in total. The van der Waals surface area contributed by atoms with Gasteiger partial charge in [0.2, 0.25) is 10.0 Å². The van der Waals surface area contributed by atoms with E-state index in [1.165, 1.54) is 30.3 Å². The normalized spacial score (nSPS) is 19.3. The molecule has 0 aliphatic carbocycles. The lowest BCUT2D eigenvalue weighted by Crippen LogP contribution is -2.40. The van der Waals surface area contributed by atoms with E-state index in [0.717, 1.165) is 19.4 Å². The van der Waals surface area contributed by atoms with Crippen LogP contribution in [-0.4, -0.2) is 39.6 Å². The molecule has 23 heavy (non-hydrogen) atoms. The van der Waals surface area contributed by atoms with Crippen LogP contribution < -0.4 is 10.0 Å². The summed E-state index contributed by atoms with van der Waals surface area (Å²) < 4.78 is 31.8. The lowest BCUT2D eigenvalue weighted by atomic mass is 10.1. The van der Waals surface area contributed by atoms with Gasteiger partial charge in [0, 0.05) is 18.7 Å². The maximum Gasteiger partial charge on any atom is 0.251 e. The first-order valence-electron chi connectivity index (χ1n) is 7.57. The number of hydrogen-bond acceptors (Lipinski definition) is 4. The number of carbonyl (C=O) groups is 1. The topological polar surface area (TPSA) is 84.5 Å². The maximum atomic E-state index is 12.2. The van der Waals surface area contributed by atoms with E-state index < -0.39 is 10.0 Å². The van der Waals surface area contributed by atoms with Crippen molar-refractivity contribution in [3.05, 3.63) is 42.5 Å². The monoisotopic (exact) mass is 338 g/mol. The second kappa shape index (κ2) is 7.72. The van der Waals surface area contributed by atoms with Crippen molar-refractivity contribution in [1.29, 1.82) is 0 Å². The van der Waals surface area contributed by atoms with Crippen LogP contribution in [0.4, 0.5) is 0 Å². The fourth-order valence-corrected chi connectivity index (χ4v) is 3.42. The summed E-state index contributed by atoms with van der Waals surface area (Å²) in [6.07, 6.45) is 3.45. The molecule has 7 heteroatoms. The number of ether oxygens (including phenoxy) is 1. The molecular formula is C16H22N2O4S. The van der Waals surface area contributed by atoms with Gasteiger partial charge in [0.1, 0.15) is 0 Å². The molecule has 0 saturated carbocycles. The van der Waals surface area contributed by atoms with Crippen molar-refractivity contribution in [2.45, 2.75) is 36.8 Å². The Morgan fingerprint density at radius 1 is 1.43 bits per heavy atom. The van der Waals surface area contributed by atoms with Gasteiger partial charge in [0.15, 0.2) is 0 Å². The third-order valence-corrected chi connectivity index (χ3v) is 5.17. The van der Waals surface area contributed by atoms with Gasteiger partial charge in [0.25, 0.3) is 5.91 Å². The van der Waals surface area contributed by atoms with E-state index in [0.29, 0.717) is 5.56 Å². The molecule has 0 aromatic heterocycles. The summed E-state index contributed by atoms with van der Waals surface area (Å²) in [7, 11) is -3.57. The van der Waals surface area contributed by atoms with E-state index in [4.69, 9.17) is 4.74 Å². The molecule has 0 spiro atoms. The van der Waals surface area contributed by atoms with Crippen LogP contribution in [0.5, 0.6) is 0 Å². The fraction of sp³-hybridized carbons (Fsp3) is 0.438. The predicted octanol–water partition coefficient (Wildman–Crippen LogP) is 1.45. The highest BCUT2D eigenvalue weighted by Crippen LogP contribution is 2.16. The Bertz CT molecular complexity index is 649. The van der Waals surface area contributed by atoms with E-state index in [1.54, 1.807) is 0 Å². The first-order valence-corrected chi connectivity index (χ1v) is 9.05. The minimum Gasteiger partial charge on any atom is -0.376 e. The number of nitrogens with one attached hydrogen (secondary N) is 2. The van der Waals surface area contributed by atoms with E-state index in [9.17, 15) is 13.2 Å². The number of carbonyl (C=O) groups excluding carboxylic acids is 1. The molecule has 1 aromatic rings. The quantitative estimate of drug-likeness (QED) is 0.737. The summed E-state index contributed by atoms with van der Waals surface area (Å²) in [4.78, 5) is 12.3. The highest BCUT2D eigenvalue weighted by molar-refractivity contribution is 7.89. The molecule has 1 fully saturated rings. The van der Waals surface area contributed by atoms with Crippen LogP contribution in [0.25, 0.3) is 0 Å². The van der Waals surface area contributed by atoms with Crippen molar-refractivity contribution in [3.63, 3.8) is 0 Å². The lowest BCUT2D eigenvalue weighted by Gasteiger charge is -2.20. The number of benzene rings is 1. The molecule has 2 atom stereocenters. The van der Waals surface area contributed by atoms with Gasteiger partial charge in [-0.3, -0.25) is 4.79 Å². The van der Waals surface area contributed by atoms with Crippen molar-refractivity contribution in [3.8, 4) is 0 Å². The van der Waals surface area contributed by atoms with Crippen LogP contribution in [0.15, 0.2) is 41.8 Å². The minimum atomic E-state index is -3.57. The summed E-state index contributed by atoms with van der Waals surface area (Å²) >= 11 is 0. The van der Waals surface area contributed by atoms with E-state index in [-0.39, 0.29) is 29.5 Å². The minimum absolute atomic E-state index is 0.0432. The fourth-order valence-electron chi connectivity index (χ4n) is 2.42. The summed E-state index contributed by atoms with van der Waals surface area (Å²) in [5.74, 6) is -0.240. The highest BCUT2D eigenvalue weighted by atomic mass is 32.2. The number of rotatable bonds is 7. The summed E-state index contributed by atoms with van der Waals surface area (Å²) in [5.41, 5.74) is 0.414. The van der Waals surface area contributed by atoms with Crippen LogP contribution in [0, 0.1) is 0 Å². The Morgan fingerprint density at radius 2 is 2.13 bits per heavy atom. The Balaban J connectivity index is 2.01. The van der Waals surface area contributed by atoms with Gasteiger partial charge >= 0.3 is 0 Å². The zero-order chi connectivity index (χ0) is 16.9. The van der Waals surface area contributed by atoms with E-state index in [1.807, 2.05) is 6.92 Å². The second-order valence-electron chi connectivity index (χ2n) is 5.48. The second-order valence-corrected chi connectivity index (χ2v) is 7.25. The maximum absolute atomic E-state index is 12.2. The van der Waals surface area contributed by atoms with Crippen LogP contribution in [0.2, 0.25) is 0 Å². The zero-order valence-corrected chi connectivity index (χ0v) is 13.9. The Hall–Kier alpha value is -1.70. The molecule has 126 valence electrons. The smallest absolute Gasteiger partial charge is 0.251 e. The van der Waals surface area contributed by atoms with Crippen molar-refractivity contribution >= 4 is 15.9 Å². The summed E-state index contributed by atoms with van der Waals surface area (Å²) in [6.45, 7) is 6.26. The number of amides is 1. The van der Waals surface area contributed by atoms with Crippen LogP contribution in [0.3, 0.4) is 0 Å². The highest BCUT2D eigenvalue weighted by Gasteiger charge is 2.24. The van der Waals surface area contributed by atoms with Crippen molar-refractivity contribution in [1.82, 2.24) is 10.0 Å². The summed E-state index contributed by atoms with van der Waals surface area (Å²) in [5, 5.41) is 2.89. The molecule has 0 bridgehead atoms. The Labute approximate surface area is 137 Å². The molecule has 1 heterocycles. The van der Waals surface area contributed by atoms with Crippen molar-refractivity contribution in [2.75, 3.05) is 13.2 Å². The van der Waals surface area contributed by atoms with Gasteiger partial charge in [-0.05, 0) is 44.0 Å². The van der Waals surface area contributed by atoms with Crippen LogP contribution >= 0.6 is 0 Å². The molecule has 0 radical (unpaired) electrons. The molecule has 6 nitrogen and oxygen atoms in total. The van der Waals surface area contributed by atoms with Gasteiger partial charge in [0.05, 0.1) is 17.0 Å². The third kappa shape index (κ3) is 4.63. The molecule has 1 aromatic carbocycles. The SMILES string of the molecule is C=CCNS(=O)(=O)c1ccc(C(=O)NC(C)C2CCCO2)cc1. The number of sulfonamides is 1. The van der Waals surface area contributed by atoms with Crippen LogP contribution in [0.1, 0.15) is 30.1 Å². The average molecular weight is 338 g/mol. The Morgan fingerprint density at radius 3 is 2.70 bits per heavy atom. The average Bonchev–Trinajstić information content (AvgIpc) is 3.07. The van der Waals surface area contributed by atoms with Crippen molar-refractivity contribution in [2.24, 2.45) is 0 Å². The molecule has 2 unspecified atom stereocenters. The largest absolute Gasteiger partial charge is 0.376 e. The lowest BCUT2D eigenvalue weighted by molar-refractivity contribution is 0.0712. The van der Waals surface area contributed by atoms with Gasteiger partial charge in [-0.2, -0.15) is 0 Å². The zero-order valence-electron chi connectivity index (χ0n) is 13.1. The van der Waals surface area contributed by atoms with Gasteiger partial charge in [-0.15, -0.1) is 6.58 Å². The third-order valence-electron chi connectivity index (χ3n) is 3.73. The molecular weight excluding hydrogens is 316 g/mol. The predicted molar refractivity (Wildman–Crippen MR) is 87.7 cm³/mol. The van der Waals surface area contributed by atoms with Gasteiger partial charge in [-0.1, -0.05) is 6.08 Å². The van der Waals surface area contributed by atoms with E-state index in [2.05, 4.69) is 16.6 Å². The molecule has 1 aliphatic heterocycles. The molecule has 1 aliphatic rings. The summed E-state index contributed by atoms with van der Waals surface area (Å²) in [6, 6.07) is 5.75.